The molecule has 2 heteroatoms. The molecule has 1 aliphatic carbocycles. The highest BCUT2D eigenvalue weighted by atomic mass is 16.1. The van der Waals surface area contributed by atoms with Gasteiger partial charge in [-0.15, -0.1) is 0 Å². The van der Waals surface area contributed by atoms with E-state index in [1.165, 1.54) is 43.2 Å². The van der Waals surface area contributed by atoms with Crippen LogP contribution in [0.15, 0.2) is 54.6 Å². The summed E-state index contributed by atoms with van der Waals surface area (Å²) in [5.74, 6) is 0.287. The summed E-state index contributed by atoms with van der Waals surface area (Å²) in [5, 5.41) is 0. The third kappa shape index (κ3) is 2.91. The van der Waals surface area contributed by atoms with Crippen LogP contribution in [0.2, 0.25) is 0 Å². The quantitative estimate of drug-likeness (QED) is 0.588. The van der Waals surface area contributed by atoms with Crippen LogP contribution in [0.3, 0.4) is 0 Å². The maximum atomic E-state index is 13.1. The molecule has 1 aliphatic heterocycles. The first-order valence-corrected chi connectivity index (χ1v) is 9.19. The van der Waals surface area contributed by atoms with E-state index >= 15 is 0 Å². The molecule has 2 aliphatic rings. The van der Waals surface area contributed by atoms with Gasteiger partial charge >= 0.3 is 0 Å². The van der Waals surface area contributed by atoms with Gasteiger partial charge in [-0.3, -0.25) is 9.69 Å². The Kier molecular flexibility index (Phi) is 4.24. The normalized spacial score (nSPS) is 27.0. The molecule has 0 aromatic heterocycles. The first-order valence-electron chi connectivity index (χ1n) is 9.19. The summed E-state index contributed by atoms with van der Waals surface area (Å²) >= 11 is 0. The number of hydrogen-bond acceptors (Lipinski definition) is 2. The Labute approximate surface area is 144 Å². The molecule has 24 heavy (non-hydrogen) atoms. The summed E-state index contributed by atoms with van der Waals surface area (Å²) in [6.07, 6.45) is 6.42. The molecule has 1 saturated carbocycles. The Morgan fingerprint density at radius 1 is 0.917 bits per heavy atom. The molecule has 1 heterocycles. The van der Waals surface area contributed by atoms with Crippen molar-refractivity contribution in [3.05, 3.63) is 71.3 Å². The van der Waals surface area contributed by atoms with Crippen LogP contribution in [0.4, 0.5) is 0 Å². The zero-order chi connectivity index (χ0) is 16.5. The molecule has 4 rings (SSSR count). The molecule has 0 bridgehead atoms. The van der Waals surface area contributed by atoms with Crippen LogP contribution in [0, 0.1) is 6.92 Å². The number of nitrogens with zero attached hydrogens (tertiary/aromatic N) is 1. The summed E-state index contributed by atoms with van der Waals surface area (Å²) < 4.78 is 0. The SMILES string of the molecule is Cc1ccc(C(=O)[C@@H]2[C@H](c3ccccc3)N2C2CCCCC2)cc1. The van der Waals surface area contributed by atoms with Gasteiger partial charge in [0.15, 0.2) is 5.78 Å². The molecular weight excluding hydrogens is 294 g/mol. The predicted octanol–water partition coefficient (Wildman–Crippen LogP) is 4.94. The van der Waals surface area contributed by atoms with Crippen LogP contribution < -0.4 is 0 Å². The number of carbonyl (C=O) groups is 1. The molecule has 0 N–H and O–H groups in total. The van der Waals surface area contributed by atoms with Crippen LogP contribution in [0.1, 0.15) is 59.6 Å². The van der Waals surface area contributed by atoms with Crippen molar-refractivity contribution in [3.8, 4) is 0 Å². The van der Waals surface area contributed by atoms with Gasteiger partial charge in [0.2, 0.25) is 0 Å². The lowest BCUT2D eigenvalue weighted by molar-refractivity contribution is 0.0963. The van der Waals surface area contributed by atoms with E-state index in [4.69, 9.17) is 0 Å². The minimum absolute atomic E-state index is 0.0261. The van der Waals surface area contributed by atoms with Crippen LogP contribution in [0.25, 0.3) is 0 Å². The third-order valence-corrected chi connectivity index (χ3v) is 5.59. The van der Waals surface area contributed by atoms with Crippen LogP contribution in [-0.2, 0) is 0 Å². The molecule has 0 spiro atoms. The number of aryl methyl sites for hydroxylation is 1. The highest BCUT2D eigenvalue weighted by Gasteiger charge is 2.55. The van der Waals surface area contributed by atoms with Gasteiger partial charge in [0, 0.05) is 11.6 Å². The van der Waals surface area contributed by atoms with E-state index in [9.17, 15) is 4.79 Å². The van der Waals surface area contributed by atoms with Gasteiger partial charge < -0.3 is 0 Å². The zero-order valence-electron chi connectivity index (χ0n) is 14.3. The number of benzene rings is 2. The summed E-state index contributed by atoms with van der Waals surface area (Å²) in [6, 6.07) is 19.5. The Morgan fingerprint density at radius 3 is 2.25 bits per heavy atom. The second-order valence-electron chi connectivity index (χ2n) is 7.27. The van der Waals surface area contributed by atoms with Crippen molar-refractivity contribution in [2.24, 2.45) is 0 Å². The smallest absolute Gasteiger partial charge is 0.181 e. The Bertz CT molecular complexity index is 701. The van der Waals surface area contributed by atoms with Crippen molar-refractivity contribution < 1.29 is 4.79 Å². The van der Waals surface area contributed by atoms with Crippen molar-refractivity contribution in [2.75, 3.05) is 0 Å². The monoisotopic (exact) mass is 319 g/mol. The van der Waals surface area contributed by atoms with Gasteiger partial charge in [-0.1, -0.05) is 79.4 Å². The van der Waals surface area contributed by atoms with Crippen molar-refractivity contribution in [1.29, 1.82) is 0 Å². The Morgan fingerprint density at radius 2 is 1.58 bits per heavy atom. The molecule has 2 aromatic rings. The van der Waals surface area contributed by atoms with Gasteiger partial charge in [-0.05, 0) is 25.3 Å². The number of hydrogen-bond donors (Lipinski definition) is 0. The van der Waals surface area contributed by atoms with Crippen molar-refractivity contribution in [2.45, 2.75) is 57.2 Å². The van der Waals surface area contributed by atoms with Gasteiger partial charge in [-0.25, -0.2) is 0 Å². The third-order valence-electron chi connectivity index (χ3n) is 5.59. The zero-order valence-corrected chi connectivity index (χ0v) is 14.3. The highest BCUT2D eigenvalue weighted by molar-refractivity contribution is 6.02. The lowest BCUT2D eigenvalue weighted by atomic mass is 9.95. The van der Waals surface area contributed by atoms with Gasteiger partial charge in [0.1, 0.15) is 0 Å². The second-order valence-corrected chi connectivity index (χ2v) is 7.27. The van der Waals surface area contributed by atoms with Crippen molar-refractivity contribution in [1.82, 2.24) is 4.90 Å². The minimum atomic E-state index is 0.0261. The molecule has 3 atom stereocenters. The fourth-order valence-electron chi connectivity index (χ4n) is 4.25. The molecule has 2 fully saturated rings. The van der Waals surface area contributed by atoms with E-state index in [2.05, 4.69) is 36.1 Å². The summed E-state index contributed by atoms with van der Waals surface area (Å²) in [5.41, 5.74) is 3.34. The van der Waals surface area contributed by atoms with E-state index in [1.807, 2.05) is 30.3 Å². The van der Waals surface area contributed by atoms with Gasteiger partial charge in [-0.2, -0.15) is 0 Å². The van der Waals surface area contributed by atoms with Crippen molar-refractivity contribution >= 4 is 5.78 Å². The Balaban J connectivity index is 1.61. The van der Waals surface area contributed by atoms with Crippen molar-refractivity contribution in [3.63, 3.8) is 0 Å². The maximum absolute atomic E-state index is 13.1. The predicted molar refractivity (Wildman–Crippen MR) is 97.2 cm³/mol. The standard InChI is InChI=1S/C22H25NO/c1-16-12-14-18(15-13-16)22(24)21-20(17-8-4-2-5-9-17)23(21)19-10-6-3-7-11-19/h2,4-5,8-9,12-15,19-21H,3,6-7,10-11H2,1H3/t20-,21-,23?/m0/s1. The molecular formula is C22H25NO. The lowest BCUT2D eigenvalue weighted by Gasteiger charge is -2.24. The highest BCUT2D eigenvalue weighted by Crippen LogP contribution is 2.49. The van der Waals surface area contributed by atoms with E-state index in [1.54, 1.807) is 0 Å². The average Bonchev–Trinajstić information content (AvgIpc) is 3.39. The van der Waals surface area contributed by atoms with Crippen LogP contribution in [0.5, 0.6) is 0 Å². The number of ketones is 1. The number of rotatable bonds is 4. The molecule has 124 valence electrons. The number of Topliss-reactive ketones (excluding diaryl/α,β-unsaturated/α-hetero) is 1. The summed E-state index contributed by atoms with van der Waals surface area (Å²) in [4.78, 5) is 15.6. The number of carbonyl (C=O) groups excluding carboxylic acids is 1. The van der Waals surface area contributed by atoms with Gasteiger partial charge in [0.05, 0.1) is 12.1 Å². The molecule has 1 unspecified atom stereocenters. The summed E-state index contributed by atoms with van der Waals surface area (Å²) in [7, 11) is 0. The molecule has 0 amide bonds. The molecule has 2 aromatic carbocycles. The maximum Gasteiger partial charge on any atom is 0.181 e. The fraction of sp³-hybridized carbons (Fsp3) is 0.409. The molecule has 0 radical (unpaired) electrons. The fourth-order valence-corrected chi connectivity index (χ4v) is 4.25. The lowest BCUT2D eigenvalue weighted by Crippen LogP contribution is -2.26. The second kappa shape index (κ2) is 6.52. The largest absolute Gasteiger partial charge is 0.292 e. The topological polar surface area (TPSA) is 20.1 Å². The average molecular weight is 319 g/mol. The first-order chi connectivity index (χ1) is 11.8. The molecule has 1 saturated heterocycles. The van der Waals surface area contributed by atoms with E-state index in [-0.39, 0.29) is 17.9 Å². The summed E-state index contributed by atoms with van der Waals surface area (Å²) in [6.45, 7) is 2.06. The Hall–Kier alpha value is -1.93. The van der Waals surface area contributed by atoms with E-state index in [0.717, 1.165) is 5.56 Å². The van der Waals surface area contributed by atoms with E-state index in [0.29, 0.717) is 6.04 Å². The minimum Gasteiger partial charge on any atom is -0.292 e. The van der Waals surface area contributed by atoms with Crippen LogP contribution in [-0.4, -0.2) is 22.8 Å². The first kappa shape index (κ1) is 15.6. The molecule has 2 nitrogen and oxygen atoms in total. The van der Waals surface area contributed by atoms with Gasteiger partial charge in [0.25, 0.3) is 0 Å². The van der Waals surface area contributed by atoms with Crippen LogP contribution >= 0.6 is 0 Å². The van der Waals surface area contributed by atoms with E-state index < -0.39 is 0 Å².